The Morgan fingerprint density at radius 3 is 2.17 bits per heavy atom. The summed E-state index contributed by atoms with van der Waals surface area (Å²) in [5.74, 6) is 0.736. The normalized spacial score (nSPS) is 13.9. The molecule has 1 saturated heterocycles. The number of carbonyl (C=O) groups is 1. The number of nitrogens with one attached hydrogen (secondary N) is 1. The van der Waals surface area contributed by atoms with Gasteiger partial charge in [0, 0.05) is 37.4 Å². The van der Waals surface area contributed by atoms with Gasteiger partial charge in [-0.2, -0.15) is 0 Å². The van der Waals surface area contributed by atoms with Crippen LogP contribution in [0.5, 0.6) is 11.5 Å². The maximum atomic E-state index is 13.3. The van der Waals surface area contributed by atoms with Gasteiger partial charge in [-0.05, 0) is 49.4 Å². The van der Waals surface area contributed by atoms with Gasteiger partial charge in [0.05, 0.1) is 19.9 Å². The van der Waals surface area contributed by atoms with Gasteiger partial charge >= 0.3 is 0 Å². The minimum Gasteiger partial charge on any atom is -0.495 e. The maximum absolute atomic E-state index is 13.3. The summed E-state index contributed by atoms with van der Waals surface area (Å²) >= 11 is 0. The molecule has 0 aliphatic carbocycles. The van der Waals surface area contributed by atoms with E-state index in [1.807, 2.05) is 43.3 Å². The van der Waals surface area contributed by atoms with Crippen LogP contribution in [0, 0.1) is 6.92 Å². The van der Waals surface area contributed by atoms with Gasteiger partial charge < -0.3 is 19.3 Å². The van der Waals surface area contributed by atoms with E-state index in [-0.39, 0.29) is 16.6 Å². The third-order valence-electron chi connectivity index (χ3n) is 6.00. The number of hydrogen-bond acceptors (Lipinski definition) is 6. The van der Waals surface area contributed by atoms with E-state index in [0.29, 0.717) is 37.4 Å². The Bertz CT molecular complexity index is 1300. The molecule has 1 heterocycles. The predicted octanol–water partition coefficient (Wildman–Crippen LogP) is 3.78. The molecule has 0 unspecified atom stereocenters. The lowest BCUT2D eigenvalue weighted by Gasteiger charge is -2.36. The monoisotopic (exact) mass is 495 g/mol. The molecule has 1 aliphatic rings. The number of benzene rings is 3. The topological polar surface area (TPSA) is 88.2 Å². The number of methoxy groups -OCH3 is 2. The quantitative estimate of drug-likeness (QED) is 0.537. The highest BCUT2D eigenvalue weighted by Gasteiger charge is 2.27. The van der Waals surface area contributed by atoms with E-state index in [1.165, 1.54) is 19.2 Å². The van der Waals surface area contributed by atoms with Gasteiger partial charge in [-0.25, -0.2) is 8.42 Å². The van der Waals surface area contributed by atoms with Gasteiger partial charge in [0.25, 0.3) is 15.9 Å². The lowest BCUT2D eigenvalue weighted by molar-refractivity contribution is 0.0746. The Kier molecular flexibility index (Phi) is 7.16. The van der Waals surface area contributed by atoms with Gasteiger partial charge in [-0.3, -0.25) is 9.52 Å². The van der Waals surface area contributed by atoms with Gasteiger partial charge in [-0.1, -0.05) is 29.8 Å². The van der Waals surface area contributed by atoms with E-state index in [0.717, 1.165) is 17.0 Å². The van der Waals surface area contributed by atoms with E-state index in [4.69, 9.17) is 9.47 Å². The lowest BCUT2D eigenvalue weighted by Crippen LogP contribution is -2.48. The van der Waals surface area contributed by atoms with E-state index >= 15 is 0 Å². The van der Waals surface area contributed by atoms with Crippen LogP contribution in [0.4, 0.5) is 11.4 Å². The number of amides is 1. The molecule has 0 aromatic heterocycles. The number of hydrogen-bond donors (Lipinski definition) is 1. The molecule has 0 spiro atoms. The molecule has 3 aromatic carbocycles. The Labute approximate surface area is 206 Å². The van der Waals surface area contributed by atoms with Crippen LogP contribution in [-0.2, 0) is 10.0 Å². The van der Waals surface area contributed by atoms with Crippen molar-refractivity contribution < 1.29 is 22.7 Å². The molecular weight excluding hydrogens is 466 g/mol. The smallest absolute Gasteiger partial charge is 0.265 e. The molecule has 0 bridgehead atoms. The molecule has 1 aliphatic heterocycles. The number of sulfonamides is 1. The molecule has 4 rings (SSSR count). The predicted molar refractivity (Wildman–Crippen MR) is 136 cm³/mol. The van der Waals surface area contributed by atoms with E-state index in [1.54, 1.807) is 30.2 Å². The van der Waals surface area contributed by atoms with E-state index in [2.05, 4.69) is 9.62 Å². The van der Waals surface area contributed by atoms with Crippen LogP contribution in [0.3, 0.4) is 0 Å². The summed E-state index contributed by atoms with van der Waals surface area (Å²) in [7, 11) is -0.934. The SMILES string of the molecule is COc1ccccc1N1CCN(C(=O)c2ccc(OC)c(S(=O)(=O)Nc3ccc(C)cc3)c2)CC1. The van der Waals surface area contributed by atoms with E-state index in [9.17, 15) is 13.2 Å². The first-order chi connectivity index (χ1) is 16.8. The van der Waals surface area contributed by atoms with Crippen LogP contribution in [0.15, 0.2) is 71.6 Å². The highest BCUT2D eigenvalue weighted by atomic mass is 32.2. The molecule has 35 heavy (non-hydrogen) atoms. The summed E-state index contributed by atoms with van der Waals surface area (Å²) in [5.41, 5.74) is 2.73. The number of ether oxygens (including phenoxy) is 2. The fraction of sp³-hybridized carbons (Fsp3) is 0.269. The van der Waals surface area contributed by atoms with E-state index < -0.39 is 10.0 Å². The third-order valence-corrected chi connectivity index (χ3v) is 7.40. The highest BCUT2D eigenvalue weighted by Crippen LogP contribution is 2.30. The molecule has 184 valence electrons. The van der Waals surface area contributed by atoms with Gasteiger partial charge in [-0.15, -0.1) is 0 Å². The minimum absolute atomic E-state index is 0.0842. The Balaban J connectivity index is 1.52. The van der Waals surface area contributed by atoms with Crippen molar-refractivity contribution >= 4 is 27.3 Å². The first-order valence-electron chi connectivity index (χ1n) is 11.3. The molecule has 0 saturated carbocycles. The summed E-state index contributed by atoms with van der Waals surface area (Å²) in [6.45, 7) is 4.22. The Morgan fingerprint density at radius 1 is 0.857 bits per heavy atom. The second-order valence-electron chi connectivity index (χ2n) is 8.29. The standard InChI is InChI=1S/C26H29N3O5S/c1-19-8-11-21(12-9-19)27-35(31,32)25-18-20(10-13-24(25)34-3)26(30)29-16-14-28(15-17-29)22-6-4-5-7-23(22)33-2/h4-13,18,27H,14-17H2,1-3H3. The van der Waals surface area contributed by atoms with Crippen molar-refractivity contribution in [3.63, 3.8) is 0 Å². The first kappa shape index (κ1) is 24.4. The average Bonchev–Trinajstić information content (AvgIpc) is 2.89. The fourth-order valence-corrected chi connectivity index (χ4v) is 5.33. The number of aryl methyl sites for hydroxylation is 1. The van der Waals surface area contributed by atoms with Crippen LogP contribution in [0.25, 0.3) is 0 Å². The molecule has 1 amide bonds. The zero-order valence-corrected chi connectivity index (χ0v) is 20.8. The largest absolute Gasteiger partial charge is 0.495 e. The average molecular weight is 496 g/mol. The molecule has 3 aromatic rings. The summed E-state index contributed by atoms with van der Waals surface area (Å²) in [5, 5.41) is 0. The third kappa shape index (κ3) is 5.35. The molecule has 1 N–H and O–H groups in total. The summed E-state index contributed by atoms with van der Waals surface area (Å²) in [6.07, 6.45) is 0. The summed E-state index contributed by atoms with van der Waals surface area (Å²) in [4.78, 5) is 17.1. The van der Waals surface area contributed by atoms with Crippen molar-refractivity contribution in [1.29, 1.82) is 0 Å². The number of rotatable bonds is 7. The van der Waals surface area contributed by atoms with Crippen molar-refractivity contribution in [2.24, 2.45) is 0 Å². The number of para-hydroxylation sites is 2. The second kappa shape index (κ2) is 10.3. The number of nitrogens with zero attached hydrogens (tertiary/aromatic N) is 2. The van der Waals surface area contributed by atoms with Gasteiger partial charge in [0.1, 0.15) is 16.4 Å². The van der Waals surface area contributed by atoms with Crippen molar-refractivity contribution in [2.45, 2.75) is 11.8 Å². The molecule has 8 nitrogen and oxygen atoms in total. The van der Waals surface area contributed by atoms with Crippen molar-refractivity contribution in [2.75, 3.05) is 50.0 Å². The van der Waals surface area contributed by atoms with Crippen molar-refractivity contribution in [1.82, 2.24) is 4.90 Å². The molecule has 0 radical (unpaired) electrons. The van der Waals surface area contributed by atoms with Gasteiger partial charge in [0.2, 0.25) is 0 Å². The number of piperazine rings is 1. The number of carbonyl (C=O) groups excluding carboxylic acids is 1. The molecule has 0 atom stereocenters. The van der Waals surface area contributed by atoms with Crippen LogP contribution >= 0.6 is 0 Å². The minimum atomic E-state index is -3.98. The Morgan fingerprint density at radius 2 is 1.51 bits per heavy atom. The molecule has 1 fully saturated rings. The summed E-state index contributed by atoms with van der Waals surface area (Å²) < 4.78 is 39.6. The Hall–Kier alpha value is -3.72. The first-order valence-corrected chi connectivity index (χ1v) is 12.8. The zero-order valence-electron chi connectivity index (χ0n) is 20.0. The van der Waals surface area contributed by atoms with Crippen LogP contribution in [-0.4, -0.2) is 59.6 Å². The van der Waals surface area contributed by atoms with Crippen LogP contribution in [0.1, 0.15) is 15.9 Å². The zero-order chi connectivity index (χ0) is 25.0. The number of anilines is 2. The molecular formula is C26H29N3O5S. The maximum Gasteiger partial charge on any atom is 0.265 e. The van der Waals surface area contributed by atoms with Crippen molar-refractivity contribution in [3.8, 4) is 11.5 Å². The van der Waals surface area contributed by atoms with Crippen LogP contribution < -0.4 is 19.1 Å². The van der Waals surface area contributed by atoms with Crippen LogP contribution in [0.2, 0.25) is 0 Å². The summed E-state index contributed by atoms with van der Waals surface area (Å²) in [6, 6.07) is 19.3. The molecule has 9 heteroatoms. The fourth-order valence-electron chi connectivity index (χ4n) is 4.08. The van der Waals surface area contributed by atoms with Gasteiger partial charge in [0.15, 0.2) is 0 Å². The second-order valence-corrected chi connectivity index (χ2v) is 9.94. The lowest BCUT2D eigenvalue weighted by atomic mass is 10.1. The van der Waals surface area contributed by atoms with Crippen molar-refractivity contribution in [3.05, 3.63) is 77.9 Å². The highest BCUT2D eigenvalue weighted by molar-refractivity contribution is 7.92.